The van der Waals surface area contributed by atoms with Crippen LogP contribution in [0.25, 0.3) is 6.08 Å². The zero-order valence-corrected chi connectivity index (χ0v) is 16.8. The van der Waals surface area contributed by atoms with Gasteiger partial charge in [0.15, 0.2) is 5.78 Å². The number of hydrogen-bond donors (Lipinski definition) is 2. The molecule has 1 amide bonds. The number of allylic oxidation sites excluding steroid dienone is 1. The van der Waals surface area contributed by atoms with Crippen molar-refractivity contribution >= 4 is 52.6 Å². The SMILES string of the molecule is O=C(CNc1ccc(C(=O)/C=C/c2ccc(Cl)c(Cl)c2)cc1)N[C@H]1CCOC1=O. The van der Waals surface area contributed by atoms with Gasteiger partial charge in [-0.05, 0) is 48.0 Å². The summed E-state index contributed by atoms with van der Waals surface area (Å²) in [4.78, 5) is 35.5. The summed E-state index contributed by atoms with van der Waals surface area (Å²) in [6.07, 6.45) is 3.60. The predicted octanol–water partition coefficient (Wildman–Crippen LogP) is 3.73. The second-order valence-corrected chi connectivity index (χ2v) is 7.19. The summed E-state index contributed by atoms with van der Waals surface area (Å²) in [6.45, 7) is 0.334. The Hall–Kier alpha value is -2.83. The number of amides is 1. The van der Waals surface area contributed by atoms with Gasteiger partial charge in [-0.2, -0.15) is 0 Å². The van der Waals surface area contributed by atoms with Crippen molar-refractivity contribution in [1.82, 2.24) is 5.32 Å². The van der Waals surface area contributed by atoms with Crippen molar-refractivity contribution in [3.05, 3.63) is 69.7 Å². The topological polar surface area (TPSA) is 84.5 Å². The van der Waals surface area contributed by atoms with E-state index in [0.29, 0.717) is 34.3 Å². The van der Waals surface area contributed by atoms with Crippen LogP contribution >= 0.6 is 23.2 Å². The quantitative estimate of drug-likeness (QED) is 0.395. The zero-order chi connectivity index (χ0) is 20.8. The molecule has 1 heterocycles. The molecule has 6 nitrogen and oxygen atoms in total. The Morgan fingerprint density at radius 1 is 1.10 bits per heavy atom. The number of cyclic esters (lactones) is 1. The van der Waals surface area contributed by atoms with Gasteiger partial charge in [0.05, 0.1) is 23.2 Å². The second kappa shape index (κ2) is 9.58. The first-order valence-electron chi connectivity index (χ1n) is 8.90. The number of benzene rings is 2. The van der Waals surface area contributed by atoms with Crippen LogP contribution in [0.1, 0.15) is 22.3 Å². The van der Waals surface area contributed by atoms with E-state index in [1.807, 2.05) is 0 Å². The molecule has 3 rings (SSSR count). The molecule has 0 aliphatic carbocycles. The number of carbonyl (C=O) groups is 3. The highest BCUT2D eigenvalue weighted by molar-refractivity contribution is 6.42. The van der Waals surface area contributed by atoms with Crippen LogP contribution in [0, 0.1) is 0 Å². The van der Waals surface area contributed by atoms with Crippen LogP contribution in [0.5, 0.6) is 0 Å². The first-order valence-corrected chi connectivity index (χ1v) is 9.65. The third-order valence-corrected chi connectivity index (χ3v) is 5.00. The maximum Gasteiger partial charge on any atom is 0.328 e. The Morgan fingerprint density at radius 3 is 2.52 bits per heavy atom. The molecule has 0 saturated carbocycles. The molecule has 1 saturated heterocycles. The molecule has 1 atom stereocenters. The molecule has 0 spiro atoms. The van der Waals surface area contributed by atoms with E-state index in [9.17, 15) is 14.4 Å². The highest BCUT2D eigenvalue weighted by Crippen LogP contribution is 2.23. The molecule has 1 fully saturated rings. The third-order valence-electron chi connectivity index (χ3n) is 4.26. The van der Waals surface area contributed by atoms with Crippen LogP contribution in [0.15, 0.2) is 48.5 Å². The molecule has 2 N–H and O–H groups in total. The molecule has 0 aromatic heterocycles. The third kappa shape index (κ3) is 5.82. The van der Waals surface area contributed by atoms with E-state index in [1.165, 1.54) is 6.08 Å². The lowest BCUT2D eigenvalue weighted by atomic mass is 10.1. The summed E-state index contributed by atoms with van der Waals surface area (Å²) in [5.74, 6) is -0.881. The van der Waals surface area contributed by atoms with Gasteiger partial charge in [0.2, 0.25) is 5.91 Å². The highest BCUT2D eigenvalue weighted by atomic mass is 35.5. The van der Waals surface area contributed by atoms with E-state index in [4.69, 9.17) is 27.9 Å². The Labute approximate surface area is 177 Å². The van der Waals surface area contributed by atoms with Crippen molar-refractivity contribution in [2.45, 2.75) is 12.5 Å². The van der Waals surface area contributed by atoms with Gasteiger partial charge in [-0.1, -0.05) is 35.3 Å². The number of halogens is 2. The van der Waals surface area contributed by atoms with Crippen molar-refractivity contribution in [1.29, 1.82) is 0 Å². The number of ether oxygens (including phenoxy) is 1. The van der Waals surface area contributed by atoms with Crippen molar-refractivity contribution in [3.8, 4) is 0 Å². The summed E-state index contributed by atoms with van der Waals surface area (Å²) < 4.78 is 4.80. The molecule has 0 unspecified atom stereocenters. The van der Waals surface area contributed by atoms with Crippen molar-refractivity contribution in [3.63, 3.8) is 0 Å². The van der Waals surface area contributed by atoms with Crippen molar-refractivity contribution in [2.24, 2.45) is 0 Å². The minimum Gasteiger partial charge on any atom is -0.464 e. The lowest BCUT2D eigenvalue weighted by Crippen LogP contribution is -2.40. The molecule has 29 heavy (non-hydrogen) atoms. The smallest absolute Gasteiger partial charge is 0.328 e. The van der Waals surface area contributed by atoms with Crippen LogP contribution in [0.2, 0.25) is 10.0 Å². The molecular weight excluding hydrogens is 415 g/mol. The molecule has 2 aromatic rings. The van der Waals surface area contributed by atoms with E-state index < -0.39 is 12.0 Å². The maximum atomic E-state index is 12.3. The van der Waals surface area contributed by atoms with Gasteiger partial charge in [0.25, 0.3) is 0 Å². The number of nitrogens with one attached hydrogen (secondary N) is 2. The van der Waals surface area contributed by atoms with E-state index in [-0.39, 0.29) is 18.2 Å². The predicted molar refractivity (Wildman–Crippen MR) is 112 cm³/mol. The minimum atomic E-state index is -0.577. The minimum absolute atomic E-state index is 0.00824. The maximum absolute atomic E-state index is 12.3. The number of hydrogen-bond acceptors (Lipinski definition) is 5. The number of ketones is 1. The summed E-state index contributed by atoms with van der Waals surface area (Å²) in [5, 5.41) is 6.43. The molecular formula is C21H18Cl2N2O4. The van der Waals surface area contributed by atoms with Gasteiger partial charge in [0, 0.05) is 17.7 Å². The normalized spacial score (nSPS) is 15.9. The van der Waals surface area contributed by atoms with Gasteiger partial charge < -0.3 is 15.4 Å². The number of rotatable bonds is 7. The van der Waals surface area contributed by atoms with Gasteiger partial charge in [-0.3, -0.25) is 9.59 Å². The molecule has 1 aliphatic heterocycles. The van der Waals surface area contributed by atoms with Gasteiger partial charge in [-0.15, -0.1) is 0 Å². The summed E-state index contributed by atoms with van der Waals surface area (Å²) in [7, 11) is 0. The van der Waals surface area contributed by atoms with Crippen LogP contribution in [-0.2, 0) is 14.3 Å². The Balaban J connectivity index is 1.51. The van der Waals surface area contributed by atoms with Crippen LogP contribution < -0.4 is 10.6 Å². The Kier molecular flexibility index (Phi) is 6.90. The van der Waals surface area contributed by atoms with E-state index in [1.54, 1.807) is 48.5 Å². The Bertz CT molecular complexity index is 958. The number of anilines is 1. The van der Waals surface area contributed by atoms with Gasteiger partial charge in [-0.25, -0.2) is 4.79 Å². The Morgan fingerprint density at radius 2 is 1.86 bits per heavy atom. The van der Waals surface area contributed by atoms with Gasteiger partial charge >= 0.3 is 5.97 Å². The van der Waals surface area contributed by atoms with Crippen molar-refractivity contribution in [2.75, 3.05) is 18.5 Å². The first-order chi connectivity index (χ1) is 13.9. The largest absolute Gasteiger partial charge is 0.464 e. The fourth-order valence-electron chi connectivity index (χ4n) is 2.69. The van der Waals surface area contributed by atoms with E-state index in [2.05, 4.69) is 10.6 Å². The number of carbonyl (C=O) groups excluding carboxylic acids is 3. The lowest BCUT2D eigenvalue weighted by molar-refractivity contribution is -0.141. The van der Waals surface area contributed by atoms with Crippen LogP contribution in [0.4, 0.5) is 5.69 Å². The zero-order valence-electron chi connectivity index (χ0n) is 15.3. The van der Waals surface area contributed by atoms with Crippen molar-refractivity contribution < 1.29 is 19.1 Å². The summed E-state index contributed by atoms with van der Waals surface area (Å²) >= 11 is 11.8. The standard InChI is InChI=1S/C21H18Cl2N2O4/c22-16-7-1-13(11-17(16)23)2-8-19(26)14-3-5-15(6-4-14)24-12-20(27)25-18-9-10-29-21(18)28/h1-8,11,18,24H,9-10,12H2,(H,25,27)/b8-2+/t18-/m0/s1. The molecule has 1 aliphatic rings. The van der Waals surface area contributed by atoms with E-state index >= 15 is 0 Å². The fraction of sp³-hybridized carbons (Fsp3) is 0.190. The molecule has 0 radical (unpaired) electrons. The average Bonchev–Trinajstić information content (AvgIpc) is 3.12. The monoisotopic (exact) mass is 432 g/mol. The van der Waals surface area contributed by atoms with Gasteiger partial charge in [0.1, 0.15) is 6.04 Å². The highest BCUT2D eigenvalue weighted by Gasteiger charge is 2.27. The average molecular weight is 433 g/mol. The fourth-order valence-corrected chi connectivity index (χ4v) is 3.00. The summed E-state index contributed by atoms with van der Waals surface area (Å²) in [6, 6.07) is 11.3. The number of esters is 1. The van der Waals surface area contributed by atoms with Crippen LogP contribution in [-0.4, -0.2) is 36.9 Å². The first kappa shape index (κ1) is 20.9. The second-order valence-electron chi connectivity index (χ2n) is 6.38. The summed E-state index contributed by atoms with van der Waals surface area (Å²) in [5.41, 5.74) is 1.95. The van der Waals surface area contributed by atoms with Crippen LogP contribution in [0.3, 0.4) is 0 Å². The molecule has 150 valence electrons. The lowest BCUT2D eigenvalue weighted by Gasteiger charge is -2.10. The molecule has 8 heteroatoms. The molecule has 0 bridgehead atoms. The van der Waals surface area contributed by atoms with E-state index in [0.717, 1.165) is 5.56 Å². The molecule has 2 aromatic carbocycles.